The van der Waals surface area contributed by atoms with Gasteiger partial charge >= 0.3 is 0 Å². The molecule has 2 heterocycles. The van der Waals surface area contributed by atoms with E-state index in [0.29, 0.717) is 0 Å². The SMILES string of the molecule is Cc1ccc(C(NN)C2=COCCC2)c(C)n1. The molecule has 0 spiro atoms. The first-order valence-corrected chi connectivity index (χ1v) is 5.93. The number of hydrazine groups is 1. The van der Waals surface area contributed by atoms with Gasteiger partial charge < -0.3 is 4.74 Å². The van der Waals surface area contributed by atoms with Crippen molar-refractivity contribution in [1.29, 1.82) is 0 Å². The zero-order valence-electron chi connectivity index (χ0n) is 10.4. The van der Waals surface area contributed by atoms with E-state index in [1.165, 1.54) is 5.57 Å². The normalized spacial score (nSPS) is 17.2. The summed E-state index contributed by atoms with van der Waals surface area (Å²) in [6.07, 6.45) is 3.89. The largest absolute Gasteiger partial charge is 0.501 e. The topological polar surface area (TPSA) is 60.2 Å². The number of nitrogens with two attached hydrogens (primary N) is 1. The summed E-state index contributed by atoms with van der Waals surface area (Å²) in [7, 11) is 0. The van der Waals surface area contributed by atoms with Gasteiger partial charge in [0.1, 0.15) is 0 Å². The Balaban J connectivity index is 2.31. The van der Waals surface area contributed by atoms with Crippen molar-refractivity contribution in [2.24, 2.45) is 5.84 Å². The molecule has 0 bridgehead atoms. The van der Waals surface area contributed by atoms with E-state index in [9.17, 15) is 0 Å². The van der Waals surface area contributed by atoms with E-state index in [-0.39, 0.29) is 6.04 Å². The van der Waals surface area contributed by atoms with Crippen molar-refractivity contribution in [3.05, 3.63) is 40.9 Å². The van der Waals surface area contributed by atoms with Crippen molar-refractivity contribution >= 4 is 0 Å². The summed E-state index contributed by atoms with van der Waals surface area (Å²) < 4.78 is 5.37. The van der Waals surface area contributed by atoms with Crippen LogP contribution in [-0.2, 0) is 4.74 Å². The number of hydrogen-bond acceptors (Lipinski definition) is 4. The lowest BCUT2D eigenvalue weighted by atomic mass is 9.95. The predicted molar refractivity (Wildman–Crippen MR) is 67.0 cm³/mol. The minimum Gasteiger partial charge on any atom is -0.501 e. The standard InChI is InChI=1S/C13H19N3O/c1-9-5-6-12(10(2)15-9)13(16-14)11-4-3-7-17-8-11/h5-6,8,13,16H,3-4,7,14H2,1-2H3. The Kier molecular flexibility index (Phi) is 3.76. The molecule has 1 aromatic heterocycles. The quantitative estimate of drug-likeness (QED) is 0.618. The second-order valence-corrected chi connectivity index (χ2v) is 4.39. The summed E-state index contributed by atoms with van der Waals surface area (Å²) in [5.74, 6) is 5.67. The summed E-state index contributed by atoms with van der Waals surface area (Å²) in [5, 5.41) is 0. The Bertz CT molecular complexity index is 429. The first kappa shape index (κ1) is 12.1. The second-order valence-electron chi connectivity index (χ2n) is 4.39. The van der Waals surface area contributed by atoms with Crippen LogP contribution in [0.15, 0.2) is 24.0 Å². The molecule has 0 saturated heterocycles. The molecule has 2 rings (SSSR count). The molecule has 3 N–H and O–H groups in total. The summed E-state index contributed by atoms with van der Waals surface area (Å²) >= 11 is 0. The van der Waals surface area contributed by atoms with Crippen molar-refractivity contribution in [2.75, 3.05) is 6.61 Å². The molecule has 4 nitrogen and oxygen atoms in total. The molecular formula is C13H19N3O. The fourth-order valence-corrected chi connectivity index (χ4v) is 2.20. The highest BCUT2D eigenvalue weighted by molar-refractivity contribution is 5.31. The van der Waals surface area contributed by atoms with Crippen molar-refractivity contribution < 1.29 is 4.74 Å². The zero-order chi connectivity index (χ0) is 12.3. The monoisotopic (exact) mass is 233 g/mol. The minimum absolute atomic E-state index is 0.00315. The van der Waals surface area contributed by atoms with Crippen LogP contribution in [0.5, 0.6) is 0 Å². The number of nitrogens with one attached hydrogen (secondary N) is 1. The molecule has 4 heteroatoms. The first-order chi connectivity index (χ1) is 8.22. The molecule has 1 unspecified atom stereocenters. The third kappa shape index (κ3) is 2.65. The lowest BCUT2D eigenvalue weighted by molar-refractivity contribution is 0.219. The molecule has 92 valence electrons. The average Bonchev–Trinajstić information content (AvgIpc) is 2.34. The van der Waals surface area contributed by atoms with E-state index in [1.807, 2.05) is 26.2 Å². The van der Waals surface area contributed by atoms with Crippen LogP contribution in [0.1, 0.15) is 35.8 Å². The summed E-state index contributed by atoms with van der Waals surface area (Å²) in [5.41, 5.74) is 7.21. The van der Waals surface area contributed by atoms with E-state index in [1.54, 1.807) is 0 Å². The van der Waals surface area contributed by atoms with Gasteiger partial charge in [-0.3, -0.25) is 10.8 Å². The zero-order valence-corrected chi connectivity index (χ0v) is 10.4. The van der Waals surface area contributed by atoms with Crippen LogP contribution >= 0.6 is 0 Å². The molecule has 1 aliphatic rings. The molecular weight excluding hydrogens is 214 g/mol. The number of aryl methyl sites for hydroxylation is 2. The molecule has 0 amide bonds. The summed E-state index contributed by atoms with van der Waals surface area (Å²) in [6.45, 7) is 4.80. The Hall–Kier alpha value is -1.39. The second kappa shape index (κ2) is 5.29. The number of nitrogens with zero attached hydrogens (tertiary/aromatic N) is 1. The molecule has 1 atom stereocenters. The molecule has 0 aromatic carbocycles. The van der Waals surface area contributed by atoms with Gasteiger partial charge in [0, 0.05) is 11.4 Å². The fourth-order valence-electron chi connectivity index (χ4n) is 2.20. The predicted octanol–water partition coefficient (Wildman–Crippen LogP) is 1.90. The van der Waals surface area contributed by atoms with E-state index in [0.717, 1.165) is 36.4 Å². The maximum atomic E-state index is 5.67. The molecule has 1 aromatic rings. The van der Waals surface area contributed by atoms with Gasteiger partial charge in [-0.1, -0.05) is 6.07 Å². The van der Waals surface area contributed by atoms with Gasteiger partial charge in [-0.15, -0.1) is 0 Å². The van der Waals surface area contributed by atoms with Gasteiger partial charge in [-0.05, 0) is 43.9 Å². The molecule has 1 aliphatic heterocycles. The Morgan fingerprint density at radius 2 is 2.24 bits per heavy atom. The maximum Gasteiger partial charge on any atom is 0.0876 e. The van der Waals surface area contributed by atoms with E-state index in [2.05, 4.69) is 16.5 Å². The number of hydrogen-bond donors (Lipinski definition) is 2. The van der Waals surface area contributed by atoms with Crippen LogP contribution in [-0.4, -0.2) is 11.6 Å². The van der Waals surface area contributed by atoms with Crippen LogP contribution in [0.2, 0.25) is 0 Å². The summed E-state index contributed by atoms with van der Waals surface area (Å²) in [4.78, 5) is 4.47. The Morgan fingerprint density at radius 3 is 2.82 bits per heavy atom. The molecule has 17 heavy (non-hydrogen) atoms. The van der Waals surface area contributed by atoms with Crippen molar-refractivity contribution in [3.63, 3.8) is 0 Å². The van der Waals surface area contributed by atoms with Gasteiger partial charge in [-0.25, -0.2) is 5.43 Å². The Morgan fingerprint density at radius 1 is 1.41 bits per heavy atom. The number of aromatic nitrogens is 1. The number of pyridine rings is 1. The molecule has 0 radical (unpaired) electrons. The van der Waals surface area contributed by atoms with Gasteiger partial charge in [0.05, 0.1) is 18.9 Å². The maximum absolute atomic E-state index is 5.67. The number of ether oxygens (including phenoxy) is 1. The van der Waals surface area contributed by atoms with E-state index in [4.69, 9.17) is 10.6 Å². The van der Waals surface area contributed by atoms with Crippen LogP contribution in [0.3, 0.4) is 0 Å². The highest BCUT2D eigenvalue weighted by Gasteiger charge is 2.19. The highest BCUT2D eigenvalue weighted by atomic mass is 16.5. The van der Waals surface area contributed by atoms with Crippen LogP contribution in [0, 0.1) is 13.8 Å². The van der Waals surface area contributed by atoms with Gasteiger partial charge in [-0.2, -0.15) is 0 Å². The van der Waals surface area contributed by atoms with Crippen LogP contribution < -0.4 is 11.3 Å². The summed E-state index contributed by atoms with van der Waals surface area (Å²) in [6, 6.07) is 4.09. The number of rotatable bonds is 3. The lowest BCUT2D eigenvalue weighted by Crippen LogP contribution is -2.31. The first-order valence-electron chi connectivity index (χ1n) is 5.93. The molecule has 0 fully saturated rings. The Labute approximate surface area is 102 Å². The molecule has 0 saturated carbocycles. The third-order valence-corrected chi connectivity index (χ3v) is 3.08. The van der Waals surface area contributed by atoms with Crippen molar-refractivity contribution in [1.82, 2.24) is 10.4 Å². The smallest absolute Gasteiger partial charge is 0.0876 e. The van der Waals surface area contributed by atoms with Crippen LogP contribution in [0.4, 0.5) is 0 Å². The van der Waals surface area contributed by atoms with E-state index >= 15 is 0 Å². The van der Waals surface area contributed by atoms with Crippen molar-refractivity contribution in [3.8, 4) is 0 Å². The van der Waals surface area contributed by atoms with Crippen LogP contribution in [0.25, 0.3) is 0 Å². The highest BCUT2D eigenvalue weighted by Crippen LogP contribution is 2.28. The van der Waals surface area contributed by atoms with Gasteiger partial charge in [0.25, 0.3) is 0 Å². The lowest BCUT2D eigenvalue weighted by Gasteiger charge is -2.24. The molecule has 0 aliphatic carbocycles. The minimum atomic E-state index is 0.00315. The van der Waals surface area contributed by atoms with Gasteiger partial charge in [0.15, 0.2) is 0 Å². The third-order valence-electron chi connectivity index (χ3n) is 3.08. The van der Waals surface area contributed by atoms with Crippen molar-refractivity contribution in [2.45, 2.75) is 32.7 Å². The van der Waals surface area contributed by atoms with E-state index < -0.39 is 0 Å². The average molecular weight is 233 g/mol. The fraction of sp³-hybridized carbons (Fsp3) is 0.462. The van der Waals surface area contributed by atoms with Gasteiger partial charge in [0.2, 0.25) is 0 Å².